The molecule has 1 saturated heterocycles. The van der Waals surface area contributed by atoms with E-state index in [2.05, 4.69) is 26.9 Å². The van der Waals surface area contributed by atoms with E-state index in [0.717, 1.165) is 44.8 Å². The van der Waals surface area contributed by atoms with Crippen LogP contribution in [0.2, 0.25) is 0 Å². The minimum atomic E-state index is 0.711. The van der Waals surface area contributed by atoms with Crippen molar-refractivity contribution < 1.29 is 4.74 Å². The van der Waals surface area contributed by atoms with E-state index in [-0.39, 0.29) is 0 Å². The van der Waals surface area contributed by atoms with Crippen LogP contribution in [0.4, 0.5) is 5.69 Å². The number of hydrogen-bond acceptors (Lipinski definition) is 4. The topological polar surface area (TPSA) is 28.6 Å². The van der Waals surface area contributed by atoms with Gasteiger partial charge in [-0.2, -0.15) is 0 Å². The van der Waals surface area contributed by atoms with Gasteiger partial charge in [0.05, 0.1) is 0 Å². The van der Waals surface area contributed by atoms with E-state index < -0.39 is 0 Å². The van der Waals surface area contributed by atoms with Crippen molar-refractivity contribution in [3.05, 3.63) is 61.0 Å². The lowest BCUT2D eigenvalue weighted by Crippen LogP contribution is -2.51. The van der Waals surface area contributed by atoms with Crippen LogP contribution < -0.4 is 9.64 Å². The van der Waals surface area contributed by atoms with Crippen LogP contribution in [0, 0.1) is 6.10 Å². The van der Waals surface area contributed by atoms with Gasteiger partial charge in [-0.25, -0.2) is 0 Å². The second-order valence-electron chi connectivity index (χ2n) is 6.91. The Bertz CT molecular complexity index is 633. The number of para-hydroxylation sites is 1. The number of rotatable bonds is 4. The fraction of sp³-hybridized carbons (Fsp3) is 0.429. The lowest BCUT2D eigenvalue weighted by molar-refractivity contribution is 0.127. The molecule has 1 aliphatic carbocycles. The SMILES string of the molecule is c1ccc(O[C]2CCC(N3CCN(c4ccncc4)CC3)CC2)cc1. The molecule has 25 heavy (non-hydrogen) atoms. The van der Waals surface area contributed by atoms with Crippen molar-refractivity contribution in [2.75, 3.05) is 31.1 Å². The Kier molecular flexibility index (Phi) is 5.17. The van der Waals surface area contributed by atoms with E-state index in [1.54, 1.807) is 0 Å². The van der Waals surface area contributed by atoms with E-state index in [4.69, 9.17) is 4.74 Å². The first kappa shape index (κ1) is 16.4. The fourth-order valence-electron chi connectivity index (χ4n) is 3.95. The summed E-state index contributed by atoms with van der Waals surface area (Å²) in [5.41, 5.74) is 1.30. The van der Waals surface area contributed by atoms with Crippen LogP contribution in [0.1, 0.15) is 25.7 Å². The highest BCUT2D eigenvalue weighted by atomic mass is 16.5. The summed E-state index contributed by atoms with van der Waals surface area (Å²) in [6.07, 6.45) is 9.63. The molecule has 1 radical (unpaired) electrons. The molecule has 2 aromatic rings. The van der Waals surface area contributed by atoms with Crippen LogP contribution in [0.25, 0.3) is 0 Å². The molecule has 2 aliphatic rings. The summed E-state index contributed by atoms with van der Waals surface area (Å²) >= 11 is 0. The van der Waals surface area contributed by atoms with E-state index >= 15 is 0 Å². The number of hydrogen-bond donors (Lipinski definition) is 0. The number of ether oxygens (including phenoxy) is 1. The third-order valence-electron chi connectivity index (χ3n) is 5.38. The molecule has 2 heterocycles. The summed E-state index contributed by atoms with van der Waals surface area (Å²) in [5.74, 6) is 0.974. The Balaban J connectivity index is 1.24. The number of pyridine rings is 1. The van der Waals surface area contributed by atoms with Gasteiger partial charge in [0.1, 0.15) is 11.9 Å². The number of piperazine rings is 1. The zero-order chi connectivity index (χ0) is 16.9. The van der Waals surface area contributed by atoms with Crippen molar-refractivity contribution in [1.29, 1.82) is 0 Å². The molecule has 0 atom stereocenters. The zero-order valence-electron chi connectivity index (χ0n) is 14.7. The van der Waals surface area contributed by atoms with Gasteiger partial charge in [-0.05, 0) is 49.9 Å². The molecular weight excluding hydrogens is 310 g/mol. The van der Waals surface area contributed by atoms with Gasteiger partial charge < -0.3 is 9.64 Å². The highest BCUT2D eigenvalue weighted by molar-refractivity contribution is 5.45. The van der Waals surface area contributed by atoms with Gasteiger partial charge in [-0.15, -0.1) is 0 Å². The van der Waals surface area contributed by atoms with E-state index in [9.17, 15) is 0 Å². The van der Waals surface area contributed by atoms with Crippen molar-refractivity contribution in [1.82, 2.24) is 9.88 Å². The second kappa shape index (κ2) is 7.87. The normalized spacial score (nSPS) is 20.6. The second-order valence-corrected chi connectivity index (χ2v) is 6.91. The number of anilines is 1. The summed E-state index contributed by atoms with van der Waals surface area (Å²) in [6, 6.07) is 15.1. The predicted molar refractivity (Wildman–Crippen MR) is 101 cm³/mol. The lowest BCUT2D eigenvalue weighted by atomic mass is 9.91. The number of aromatic nitrogens is 1. The first-order chi connectivity index (χ1) is 12.4. The van der Waals surface area contributed by atoms with Crippen molar-refractivity contribution >= 4 is 5.69 Å². The molecule has 0 N–H and O–H groups in total. The van der Waals surface area contributed by atoms with Crippen molar-refractivity contribution in [2.24, 2.45) is 0 Å². The van der Waals surface area contributed by atoms with E-state index in [1.807, 2.05) is 42.7 Å². The third kappa shape index (κ3) is 4.13. The van der Waals surface area contributed by atoms with Crippen LogP contribution in [0.15, 0.2) is 54.9 Å². The molecule has 2 fully saturated rings. The summed E-state index contributed by atoms with van der Waals surface area (Å²) in [5, 5.41) is 0. The first-order valence-corrected chi connectivity index (χ1v) is 9.35. The molecule has 131 valence electrons. The molecule has 1 saturated carbocycles. The smallest absolute Gasteiger partial charge is 0.148 e. The molecule has 4 nitrogen and oxygen atoms in total. The minimum absolute atomic E-state index is 0.711. The van der Waals surface area contributed by atoms with Crippen LogP contribution in [0.3, 0.4) is 0 Å². The highest BCUT2D eigenvalue weighted by Crippen LogP contribution is 2.31. The van der Waals surface area contributed by atoms with Crippen LogP contribution >= 0.6 is 0 Å². The van der Waals surface area contributed by atoms with Crippen LogP contribution in [-0.2, 0) is 0 Å². The van der Waals surface area contributed by atoms with Gasteiger partial charge in [0.15, 0.2) is 0 Å². The standard InChI is InChI=1S/C21H26N3O/c1-2-4-20(5-3-1)25-21-8-6-18(7-9-21)23-14-16-24(17-15-23)19-10-12-22-13-11-19/h1-5,10-13,18H,6-9,14-17H2. The third-order valence-corrected chi connectivity index (χ3v) is 5.38. The highest BCUT2D eigenvalue weighted by Gasteiger charge is 2.29. The molecule has 1 aromatic heterocycles. The zero-order valence-corrected chi connectivity index (χ0v) is 14.7. The summed E-state index contributed by atoms with van der Waals surface area (Å²) < 4.78 is 6.05. The maximum Gasteiger partial charge on any atom is 0.148 e. The Hall–Kier alpha value is -2.07. The fourth-order valence-corrected chi connectivity index (χ4v) is 3.95. The van der Waals surface area contributed by atoms with Crippen molar-refractivity contribution in [3.63, 3.8) is 0 Å². The van der Waals surface area contributed by atoms with Crippen molar-refractivity contribution in [3.8, 4) is 5.75 Å². The summed E-state index contributed by atoms with van der Waals surface area (Å²) in [6.45, 7) is 4.53. The largest absolute Gasteiger partial charge is 0.483 e. The summed E-state index contributed by atoms with van der Waals surface area (Å²) in [4.78, 5) is 9.26. The maximum atomic E-state index is 6.05. The first-order valence-electron chi connectivity index (χ1n) is 9.35. The predicted octanol–water partition coefficient (Wildman–Crippen LogP) is 3.76. The molecule has 0 unspecified atom stereocenters. The molecule has 1 aromatic carbocycles. The number of benzene rings is 1. The van der Waals surface area contributed by atoms with Gasteiger partial charge in [0.25, 0.3) is 0 Å². The Morgan fingerprint density at radius 2 is 1.52 bits per heavy atom. The monoisotopic (exact) mass is 336 g/mol. The average molecular weight is 336 g/mol. The van der Waals surface area contributed by atoms with Gasteiger partial charge in [0.2, 0.25) is 0 Å². The Morgan fingerprint density at radius 3 is 2.20 bits per heavy atom. The molecular formula is C21H26N3O. The Labute approximate surface area is 150 Å². The maximum absolute atomic E-state index is 6.05. The van der Waals surface area contributed by atoms with Crippen LogP contribution in [0.5, 0.6) is 5.75 Å². The summed E-state index contributed by atoms with van der Waals surface area (Å²) in [7, 11) is 0. The van der Waals surface area contributed by atoms with Crippen LogP contribution in [-0.4, -0.2) is 42.1 Å². The molecule has 0 bridgehead atoms. The molecule has 4 heteroatoms. The minimum Gasteiger partial charge on any atom is -0.483 e. The average Bonchev–Trinajstić information content (AvgIpc) is 2.70. The van der Waals surface area contributed by atoms with Gasteiger partial charge in [-0.1, -0.05) is 18.2 Å². The molecule has 4 rings (SSSR count). The van der Waals surface area contributed by atoms with E-state index in [0.29, 0.717) is 6.04 Å². The number of nitrogens with zero attached hydrogens (tertiary/aromatic N) is 3. The molecule has 1 aliphatic heterocycles. The van der Waals surface area contributed by atoms with E-state index in [1.165, 1.54) is 24.6 Å². The van der Waals surface area contributed by atoms with Crippen molar-refractivity contribution in [2.45, 2.75) is 31.7 Å². The molecule has 0 amide bonds. The van der Waals surface area contributed by atoms with Gasteiger partial charge in [0, 0.05) is 50.3 Å². The molecule has 0 spiro atoms. The lowest BCUT2D eigenvalue weighted by Gasteiger charge is -2.42. The Morgan fingerprint density at radius 1 is 0.840 bits per heavy atom. The van der Waals surface area contributed by atoms with Gasteiger partial charge >= 0.3 is 0 Å². The van der Waals surface area contributed by atoms with Gasteiger partial charge in [-0.3, -0.25) is 9.88 Å². The quantitative estimate of drug-likeness (QED) is 0.850.